The van der Waals surface area contributed by atoms with Gasteiger partial charge in [0.2, 0.25) is 0 Å². The number of rotatable bonds is 3. The van der Waals surface area contributed by atoms with Gasteiger partial charge in [-0.25, -0.2) is 4.79 Å². The first kappa shape index (κ1) is 13.7. The van der Waals surface area contributed by atoms with Gasteiger partial charge in [0.05, 0.1) is 0 Å². The molecule has 0 amide bonds. The maximum absolute atomic E-state index is 11.9. The average molecular weight is 265 g/mol. The molecule has 0 aromatic heterocycles. The van der Waals surface area contributed by atoms with Crippen molar-refractivity contribution in [1.29, 1.82) is 0 Å². The summed E-state index contributed by atoms with van der Waals surface area (Å²) < 4.78 is 5.11. The maximum atomic E-state index is 11.9. The number of nitrogens with two attached hydrogens (primary N) is 1. The fourth-order valence-corrected chi connectivity index (χ4v) is 2.50. The number of phenols is 2. The van der Waals surface area contributed by atoms with E-state index in [-0.39, 0.29) is 23.2 Å². The highest BCUT2D eigenvalue weighted by molar-refractivity contribution is 5.78. The minimum absolute atomic E-state index is 0.105. The van der Waals surface area contributed by atoms with E-state index < -0.39 is 12.0 Å². The Bertz CT molecular complexity index is 435. The summed E-state index contributed by atoms with van der Waals surface area (Å²) in [6.07, 6.45) is 5.28. The minimum atomic E-state index is -0.648. The molecule has 0 radical (unpaired) electrons. The van der Waals surface area contributed by atoms with Gasteiger partial charge in [0.25, 0.3) is 0 Å². The van der Waals surface area contributed by atoms with Gasteiger partial charge in [0, 0.05) is 18.2 Å². The van der Waals surface area contributed by atoms with Crippen LogP contribution in [0.25, 0.3) is 0 Å². The van der Waals surface area contributed by atoms with Gasteiger partial charge in [0.15, 0.2) is 0 Å². The lowest BCUT2D eigenvalue weighted by Crippen LogP contribution is -2.41. The molecule has 0 aliphatic heterocycles. The summed E-state index contributed by atoms with van der Waals surface area (Å²) in [7, 11) is 0. The number of esters is 1. The molecular formula is C14H19NO4. The molecule has 1 aromatic carbocycles. The lowest BCUT2D eigenvalue weighted by molar-refractivity contribution is -0.137. The Hall–Kier alpha value is -1.75. The first-order chi connectivity index (χ1) is 9.06. The standard InChI is InChI=1S/C14H19NO4/c15-13(9-4-2-1-3-5-9)14(18)19-12-7-10(16)6-11(17)8-12/h6-9,13,16-17H,1-5,15H2. The normalized spacial score (nSPS) is 17.9. The van der Waals surface area contributed by atoms with Crippen molar-refractivity contribution in [2.75, 3.05) is 0 Å². The van der Waals surface area contributed by atoms with Gasteiger partial charge in [-0.1, -0.05) is 19.3 Å². The summed E-state index contributed by atoms with van der Waals surface area (Å²) in [5.74, 6) is -0.569. The fraction of sp³-hybridized carbons (Fsp3) is 0.500. The Morgan fingerprint density at radius 1 is 1.16 bits per heavy atom. The van der Waals surface area contributed by atoms with Crippen LogP contribution in [0.1, 0.15) is 32.1 Å². The molecule has 1 unspecified atom stereocenters. The van der Waals surface area contributed by atoms with Crippen LogP contribution in [0.4, 0.5) is 0 Å². The molecule has 0 heterocycles. The molecule has 1 atom stereocenters. The molecule has 1 aliphatic rings. The zero-order valence-electron chi connectivity index (χ0n) is 10.7. The topological polar surface area (TPSA) is 92.8 Å². The summed E-state index contributed by atoms with van der Waals surface area (Å²) in [5, 5.41) is 18.6. The Kier molecular flexibility index (Phi) is 4.27. The second kappa shape index (κ2) is 5.93. The average Bonchev–Trinajstić information content (AvgIpc) is 2.37. The molecule has 19 heavy (non-hydrogen) atoms. The summed E-state index contributed by atoms with van der Waals surface area (Å²) in [5.41, 5.74) is 5.92. The predicted molar refractivity (Wildman–Crippen MR) is 70.0 cm³/mol. The third-order valence-corrected chi connectivity index (χ3v) is 3.52. The molecule has 1 saturated carbocycles. The second-order valence-electron chi connectivity index (χ2n) is 5.03. The Morgan fingerprint density at radius 3 is 2.32 bits per heavy atom. The summed E-state index contributed by atoms with van der Waals surface area (Å²) >= 11 is 0. The van der Waals surface area contributed by atoms with E-state index in [0.717, 1.165) is 25.7 Å². The van der Waals surface area contributed by atoms with Crippen molar-refractivity contribution in [3.05, 3.63) is 18.2 Å². The molecule has 104 valence electrons. The second-order valence-corrected chi connectivity index (χ2v) is 5.03. The highest BCUT2D eigenvalue weighted by Crippen LogP contribution is 2.28. The van der Waals surface area contributed by atoms with Crippen LogP contribution in [-0.4, -0.2) is 22.2 Å². The zero-order chi connectivity index (χ0) is 13.8. The fourth-order valence-electron chi connectivity index (χ4n) is 2.50. The number of carbonyl (C=O) groups is 1. The van der Waals surface area contributed by atoms with Crippen molar-refractivity contribution in [3.8, 4) is 17.2 Å². The summed E-state index contributed by atoms with van der Waals surface area (Å²) in [6, 6.07) is 3.05. The van der Waals surface area contributed by atoms with E-state index in [4.69, 9.17) is 10.5 Å². The monoisotopic (exact) mass is 265 g/mol. The Balaban J connectivity index is 1.99. The number of ether oxygens (including phenoxy) is 1. The Morgan fingerprint density at radius 2 is 1.74 bits per heavy atom. The first-order valence-electron chi connectivity index (χ1n) is 6.56. The van der Waals surface area contributed by atoms with E-state index in [9.17, 15) is 15.0 Å². The maximum Gasteiger partial charge on any atom is 0.328 e. The molecule has 0 bridgehead atoms. The largest absolute Gasteiger partial charge is 0.508 e. The SMILES string of the molecule is NC(C(=O)Oc1cc(O)cc(O)c1)C1CCCCC1. The van der Waals surface area contributed by atoms with Crippen molar-refractivity contribution in [3.63, 3.8) is 0 Å². The third-order valence-electron chi connectivity index (χ3n) is 3.52. The lowest BCUT2D eigenvalue weighted by Gasteiger charge is -2.25. The van der Waals surface area contributed by atoms with Crippen LogP contribution >= 0.6 is 0 Å². The van der Waals surface area contributed by atoms with Crippen LogP contribution in [-0.2, 0) is 4.79 Å². The Labute approximate surface area is 112 Å². The number of benzene rings is 1. The van der Waals surface area contributed by atoms with Crippen molar-refractivity contribution < 1.29 is 19.7 Å². The number of carbonyl (C=O) groups excluding carboxylic acids is 1. The van der Waals surface area contributed by atoms with Crippen LogP contribution in [0, 0.1) is 5.92 Å². The quantitative estimate of drug-likeness (QED) is 0.573. The lowest BCUT2D eigenvalue weighted by atomic mass is 9.84. The molecule has 0 saturated heterocycles. The van der Waals surface area contributed by atoms with E-state index in [0.29, 0.717) is 0 Å². The molecule has 5 heteroatoms. The number of aromatic hydroxyl groups is 2. The van der Waals surface area contributed by atoms with Gasteiger partial charge in [-0.2, -0.15) is 0 Å². The highest BCUT2D eigenvalue weighted by Gasteiger charge is 2.27. The molecule has 1 fully saturated rings. The predicted octanol–water partition coefficient (Wildman–Crippen LogP) is 1.91. The van der Waals surface area contributed by atoms with Gasteiger partial charge < -0.3 is 20.7 Å². The molecule has 2 rings (SSSR count). The van der Waals surface area contributed by atoms with Gasteiger partial charge in [-0.15, -0.1) is 0 Å². The van der Waals surface area contributed by atoms with Crippen molar-refractivity contribution >= 4 is 5.97 Å². The van der Waals surface area contributed by atoms with Crippen LogP contribution < -0.4 is 10.5 Å². The van der Waals surface area contributed by atoms with Gasteiger partial charge in [-0.3, -0.25) is 0 Å². The van der Waals surface area contributed by atoms with Crippen LogP contribution in [0.3, 0.4) is 0 Å². The van der Waals surface area contributed by atoms with E-state index in [2.05, 4.69) is 0 Å². The van der Waals surface area contributed by atoms with Crippen molar-refractivity contribution in [2.45, 2.75) is 38.1 Å². The molecule has 4 N–H and O–H groups in total. The molecule has 1 aromatic rings. The van der Waals surface area contributed by atoms with E-state index >= 15 is 0 Å². The third kappa shape index (κ3) is 3.61. The summed E-state index contributed by atoms with van der Waals surface area (Å²) in [6.45, 7) is 0. The molecule has 5 nitrogen and oxygen atoms in total. The minimum Gasteiger partial charge on any atom is -0.508 e. The molecule has 0 spiro atoms. The molecule has 1 aliphatic carbocycles. The molecular weight excluding hydrogens is 246 g/mol. The van der Waals surface area contributed by atoms with Crippen molar-refractivity contribution in [2.24, 2.45) is 11.7 Å². The van der Waals surface area contributed by atoms with E-state index in [1.165, 1.54) is 24.6 Å². The van der Waals surface area contributed by atoms with Crippen LogP contribution in [0.2, 0.25) is 0 Å². The number of hydrogen-bond acceptors (Lipinski definition) is 5. The number of hydrogen-bond donors (Lipinski definition) is 3. The van der Waals surface area contributed by atoms with Crippen LogP contribution in [0.15, 0.2) is 18.2 Å². The smallest absolute Gasteiger partial charge is 0.328 e. The van der Waals surface area contributed by atoms with Crippen LogP contribution in [0.5, 0.6) is 17.2 Å². The van der Waals surface area contributed by atoms with Gasteiger partial charge >= 0.3 is 5.97 Å². The van der Waals surface area contributed by atoms with E-state index in [1.54, 1.807) is 0 Å². The van der Waals surface area contributed by atoms with E-state index in [1.807, 2.05) is 0 Å². The summed E-state index contributed by atoms with van der Waals surface area (Å²) in [4.78, 5) is 11.9. The highest BCUT2D eigenvalue weighted by atomic mass is 16.5. The first-order valence-corrected chi connectivity index (χ1v) is 6.56. The van der Waals surface area contributed by atoms with Gasteiger partial charge in [-0.05, 0) is 18.8 Å². The van der Waals surface area contributed by atoms with Gasteiger partial charge in [0.1, 0.15) is 23.3 Å². The van der Waals surface area contributed by atoms with Crippen molar-refractivity contribution in [1.82, 2.24) is 0 Å². The zero-order valence-corrected chi connectivity index (χ0v) is 10.7. The number of phenolic OH excluding ortho intramolecular Hbond substituents is 2.